The molecule has 0 saturated carbocycles. The maximum absolute atomic E-state index is 12.1. The molecule has 8 heteroatoms. The number of hydrogen-bond donors (Lipinski definition) is 1. The zero-order valence-corrected chi connectivity index (χ0v) is 15.3. The molecule has 0 radical (unpaired) electrons. The molecule has 1 N–H and O–H groups in total. The first-order valence-corrected chi connectivity index (χ1v) is 8.90. The molecule has 2 heterocycles. The molecule has 2 aromatic heterocycles. The van der Waals surface area contributed by atoms with Gasteiger partial charge in [0.1, 0.15) is 23.1 Å². The second-order valence-electron chi connectivity index (χ2n) is 5.00. The summed E-state index contributed by atoms with van der Waals surface area (Å²) in [5.41, 5.74) is 1.31. The van der Waals surface area contributed by atoms with Crippen molar-refractivity contribution in [3.05, 3.63) is 52.2 Å². The number of aromatic nitrogens is 3. The number of carbonyl (C=O) groups is 1. The van der Waals surface area contributed by atoms with Crippen LogP contribution in [0.15, 0.2) is 46.5 Å². The van der Waals surface area contributed by atoms with Crippen LogP contribution in [0, 0.1) is 0 Å². The minimum Gasteiger partial charge on any atom is -0.492 e. The van der Waals surface area contributed by atoms with Gasteiger partial charge in [-0.15, -0.1) is 11.3 Å². The Morgan fingerprint density at radius 1 is 1.46 bits per heavy atom. The minimum absolute atomic E-state index is 0.209. The van der Waals surface area contributed by atoms with E-state index in [0.29, 0.717) is 18.8 Å². The van der Waals surface area contributed by atoms with Crippen LogP contribution in [0.5, 0.6) is 5.75 Å². The summed E-state index contributed by atoms with van der Waals surface area (Å²) in [7, 11) is 1.84. The SMILES string of the molecule is Cn1cc(-c2nc(C(=O)NCCOc3cccc(Br)c3)cs2)cn1. The second kappa shape index (κ2) is 7.59. The van der Waals surface area contributed by atoms with Gasteiger partial charge in [0.2, 0.25) is 0 Å². The molecule has 0 fully saturated rings. The molecule has 0 saturated heterocycles. The molecule has 0 bridgehead atoms. The summed E-state index contributed by atoms with van der Waals surface area (Å²) >= 11 is 4.81. The van der Waals surface area contributed by atoms with Gasteiger partial charge in [0.25, 0.3) is 5.91 Å². The summed E-state index contributed by atoms with van der Waals surface area (Å²) in [6, 6.07) is 7.57. The van der Waals surface area contributed by atoms with Gasteiger partial charge < -0.3 is 10.1 Å². The third kappa shape index (κ3) is 4.21. The molecule has 0 atom stereocenters. The smallest absolute Gasteiger partial charge is 0.270 e. The molecular weight excluding hydrogens is 392 g/mol. The van der Waals surface area contributed by atoms with Crippen molar-refractivity contribution in [1.82, 2.24) is 20.1 Å². The van der Waals surface area contributed by atoms with E-state index in [-0.39, 0.29) is 5.91 Å². The average molecular weight is 407 g/mol. The first kappa shape index (κ1) is 16.7. The van der Waals surface area contributed by atoms with Gasteiger partial charge in [-0.1, -0.05) is 22.0 Å². The van der Waals surface area contributed by atoms with Crippen LogP contribution < -0.4 is 10.1 Å². The van der Waals surface area contributed by atoms with Crippen molar-refractivity contribution < 1.29 is 9.53 Å². The highest BCUT2D eigenvalue weighted by Crippen LogP contribution is 2.22. The summed E-state index contributed by atoms with van der Waals surface area (Å²) in [4.78, 5) is 16.5. The summed E-state index contributed by atoms with van der Waals surface area (Å²) < 4.78 is 8.23. The topological polar surface area (TPSA) is 69.0 Å². The van der Waals surface area contributed by atoms with Gasteiger partial charge in [-0.25, -0.2) is 4.98 Å². The predicted octanol–water partition coefficient (Wildman–Crippen LogP) is 3.11. The number of carbonyl (C=O) groups excluding carboxylic acids is 1. The Balaban J connectivity index is 1.49. The highest BCUT2D eigenvalue weighted by Gasteiger charge is 2.12. The fraction of sp³-hybridized carbons (Fsp3) is 0.188. The van der Waals surface area contributed by atoms with Crippen molar-refractivity contribution in [3.63, 3.8) is 0 Å². The van der Waals surface area contributed by atoms with Crippen LogP contribution in [0.3, 0.4) is 0 Å². The molecule has 0 aliphatic rings. The first-order chi connectivity index (χ1) is 11.6. The Morgan fingerprint density at radius 2 is 2.33 bits per heavy atom. The van der Waals surface area contributed by atoms with Gasteiger partial charge in [0.05, 0.1) is 12.7 Å². The molecule has 0 aliphatic heterocycles. The summed E-state index contributed by atoms with van der Waals surface area (Å²) in [6.07, 6.45) is 3.60. The molecular formula is C16H15BrN4O2S. The number of ether oxygens (including phenoxy) is 1. The Bertz CT molecular complexity index is 846. The third-order valence-corrected chi connectivity index (χ3v) is 4.53. The van der Waals surface area contributed by atoms with Crippen LogP contribution in [0.1, 0.15) is 10.5 Å². The van der Waals surface area contributed by atoms with Crippen LogP contribution in [-0.4, -0.2) is 33.8 Å². The Labute approximate surface area is 151 Å². The minimum atomic E-state index is -0.209. The lowest BCUT2D eigenvalue weighted by molar-refractivity contribution is 0.0943. The molecule has 0 unspecified atom stereocenters. The third-order valence-electron chi connectivity index (χ3n) is 3.14. The van der Waals surface area contributed by atoms with Crippen LogP contribution >= 0.6 is 27.3 Å². The lowest BCUT2D eigenvalue weighted by atomic mass is 10.3. The van der Waals surface area contributed by atoms with Crippen molar-refractivity contribution in [1.29, 1.82) is 0 Å². The predicted molar refractivity (Wildman–Crippen MR) is 96.3 cm³/mol. The van der Waals surface area contributed by atoms with E-state index in [9.17, 15) is 4.79 Å². The Morgan fingerprint density at radius 3 is 3.08 bits per heavy atom. The molecule has 124 valence electrons. The number of hydrogen-bond acceptors (Lipinski definition) is 5. The summed E-state index contributed by atoms with van der Waals surface area (Å²) in [5.74, 6) is 0.547. The summed E-state index contributed by atoms with van der Waals surface area (Å²) in [6.45, 7) is 0.799. The van der Waals surface area contributed by atoms with E-state index >= 15 is 0 Å². The van der Waals surface area contributed by atoms with Crippen molar-refractivity contribution in [2.75, 3.05) is 13.2 Å². The van der Waals surface area contributed by atoms with E-state index in [1.54, 1.807) is 16.3 Å². The van der Waals surface area contributed by atoms with Crippen LogP contribution in [0.4, 0.5) is 0 Å². The highest BCUT2D eigenvalue weighted by molar-refractivity contribution is 9.10. The van der Waals surface area contributed by atoms with Crippen molar-refractivity contribution in [2.45, 2.75) is 0 Å². The van der Waals surface area contributed by atoms with E-state index < -0.39 is 0 Å². The standard InChI is InChI=1S/C16H15BrN4O2S/c1-21-9-11(8-19-21)16-20-14(10-24-16)15(22)18-5-6-23-13-4-2-3-12(17)7-13/h2-4,7-10H,5-6H2,1H3,(H,18,22). The zero-order chi connectivity index (χ0) is 16.9. The van der Waals surface area contributed by atoms with Gasteiger partial charge in [-0.2, -0.15) is 5.10 Å². The number of benzene rings is 1. The van der Waals surface area contributed by atoms with Gasteiger partial charge in [0.15, 0.2) is 0 Å². The Hall–Kier alpha value is -2.19. The number of nitrogens with one attached hydrogen (secondary N) is 1. The molecule has 0 spiro atoms. The summed E-state index contributed by atoms with van der Waals surface area (Å²) in [5, 5.41) is 9.43. The van der Waals surface area contributed by atoms with Gasteiger partial charge in [-0.05, 0) is 18.2 Å². The van der Waals surface area contributed by atoms with Crippen molar-refractivity contribution in [3.8, 4) is 16.3 Å². The molecule has 24 heavy (non-hydrogen) atoms. The lowest BCUT2D eigenvalue weighted by Crippen LogP contribution is -2.28. The largest absolute Gasteiger partial charge is 0.492 e. The van der Waals surface area contributed by atoms with E-state index in [4.69, 9.17) is 4.74 Å². The quantitative estimate of drug-likeness (QED) is 0.638. The van der Waals surface area contributed by atoms with Crippen molar-refractivity contribution in [2.24, 2.45) is 7.05 Å². The van der Waals surface area contributed by atoms with E-state index in [0.717, 1.165) is 20.8 Å². The number of thiazole rings is 1. The van der Waals surface area contributed by atoms with Crippen LogP contribution in [0.25, 0.3) is 10.6 Å². The monoisotopic (exact) mass is 406 g/mol. The molecule has 3 aromatic rings. The maximum atomic E-state index is 12.1. The number of aryl methyl sites for hydroxylation is 1. The normalized spacial score (nSPS) is 10.6. The number of rotatable bonds is 6. The van der Waals surface area contributed by atoms with E-state index in [2.05, 4.69) is 31.3 Å². The highest BCUT2D eigenvalue weighted by atomic mass is 79.9. The number of nitrogens with zero attached hydrogens (tertiary/aromatic N) is 3. The van der Waals surface area contributed by atoms with E-state index in [1.165, 1.54) is 11.3 Å². The van der Waals surface area contributed by atoms with Crippen molar-refractivity contribution >= 4 is 33.2 Å². The van der Waals surface area contributed by atoms with E-state index in [1.807, 2.05) is 37.5 Å². The van der Waals surface area contributed by atoms with Crippen LogP contribution in [0.2, 0.25) is 0 Å². The maximum Gasteiger partial charge on any atom is 0.270 e. The molecule has 3 rings (SSSR count). The molecule has 1 aromatic carbocycles. The Kier molecular flexibility index (Phi) is 5.27. The molecule has 1 amide bonds. The fourth-order valence-electron chi connectivity index (χ4n) is 2.02. The number of halogens is 1. The molecule has 6 nitrogen and oxygen atoms in total. The first-order valence-electron chi connectivity index (χ1n) is 7.23. The molecule has 0 aliphatic carbocycles. The number of amides is 1. The van der Waals surface area contributed by atoms with Gasteiger partial charge in [-0.3, -0.25) is 9.48 Å². The average Bonchev–Trinajstić information content (AvgIpc) is 3.20. The lowest BCUT2D eigenvalue weighted by Gasteiger charge is -2.07. The fourth-order valence-corrected chi connectivity index (χ4v) is 3.18. The zero-order valence-electron chi connectivity index (χ0n) is 12.9. The van der Waals surface area contributed by atoms with Gasteiger partial charge >= 0.3 is 0 Å². The second-order valence-corrected chi connectivity index (χ2v) is 6.78. The van der Waals surface area contributed by atoms with Gasteiger partial charge in [0, 0.05) is 28.7 Å². The van der Waals surface area contributed by atoms with Crippen LogP contribution in [-0.2, 0) is 7.05 Å².